The van der Waals surface area contributed by atoms with Crippen LogP contribution in [0.4, 0.5) is 0 Å². The minimum Gasteiger partial charge on any atom is -0.265 e. The third kappa shape index (κ3) is 2.34. The molecule has 17 heavy (non-hydrogen) atoms. The van der Waals surface area contributed by atoms with Crippen LogP contribution >= 0.6 is 0 Å². The van der Waals surface area contributed by atoms with E-state index < -0.39 is 0 Å². The molecule has 2 heterocycles. The summed E-state index contributed by atoms with van der Waals surface area (Å²) in [5, 5.41) is 13.2. The molecule has 0 saturated heterocycles. The topological polar surface area (TPSA) is 54.5 Å². The van der Waals surface area contributed by atoms with E-state index in [9.17, 15) is 0 Å². The molecule has 2 aromatic rings. The Morgan fingerprint density at radius 3 is 2.65 bits per heavy atom. The zero-order chi connectivity index (χ0) is 12.3. The van der Waals surface area contributed by atoms with Gasteiger partial charge >= 0.3 is 0 Å². The van der Waals surface area contributed by atoms with Gasteiger partial charge in [-0.25, -0.2) is 0 Å². The third-order valence-electron chi connectivity index (χ3n) is 2.60. The lowest BCUT2D eigenvalue weighted by Crippen LogP contribution is -2.04. The van der Waals surface area contributed by atoms with E-state index in [-0.39, 0.29) is 0 Å². The first-order valence-corrected chi connectivity index (χ1v) is 5.57. The van der Waals surface area contributed by atoms with E-state index in [0.29, 0.717) is 12.5 Å². The van der Waals surface area contributed by atoms with Crippen LogP contribution in [0.3, 0.4) is 0 Å². The minimum atomic E-state index is 0.290. The lowest BCUT2D eigenvalue weighted by Gasteiger charge is -2.05. The highest BCUT2D eigenvalue weighted by atomic mass is 15.3. The Morgan fingerprint density at radius 2 is 2.06 bits per heavy atom. The molecular formula is C13H14N4. The average Bonchev–Trinajstić information content (AvgIpc) is 2.75. The van der Waals surface area contributed by atoms with Gasteiger partial charge in [0.25, 0.3) is 0 Å². The van der Waals surface area contributed by atoms with Gasteiger partial charge in [0.2, 0.25) is 0 Å². The van der Waals surface area contributed by atoms with Crippen molar-refractivity contribution >= 4 is 0 Å². The first kappa shape index (κ1) is 11.3. The summed E-state index contributed by atoms with van der Waals surface area (Å²) in [4.78, 5) is 3.98. The molecule has 0 radical (unpaired) electrons. The molecule has 0 spiro atoms. The predicted molar refractivity (Wildman–Crippen MR) is 65.2 cm³/mol. The number of pyridine rings is 1. The lowest BCUT2D eigenvalue weighted by atomic mass is 10.1. The molecule has 86 valence electrons. The smallest absolute Gasteiger partial charge is 0.128 e. The molecule has 0 N–H and O–H groups in total. The SMILES string of the molecule is CC(C)c1cc(-c2ccncc2)nn1CC#N. The molecule has 0 aliphatic heterocycles. The maximum atomic E-state index is 8.78. The van der Waals surface area contributed by atoms with E-state index in [0.717, 1.165) is 17.0 Å². The standard InChI is InChI=1S/C13H14N4/c1-10(2)13-9-12(16-17(13)8-5-14)11-3-6-15-7-4-11/h3-4,6-7,9-10H,8H2,1-2H3. The number of nitrogens with zero attached hydrogens (tertiary/aromatic N) is 4. The number of rotatable bonds is 3. The highest BCUT2D eigenvalue weighted by Crippen LogP contribution is 2.22. The van der Waals surface area contributed by atoms with Gasteiger partial charge in [0.05, 0.1) is 11.8 Å². The second kappa shape index (κ2) is 4.79. The van der Waals surface area contributed by atoms with Gasteiger partial charge in [-0.05, 0) is 24.1 Å². The van der Waals surface area contributed by atoms with Gasteiger partial charge < -0.3 is 0 Å². The zero-order valence-electron chi connectivity index (χ0n) is 9.96. The molecule has 0 aromatic carbocycles. The van der Waals surface area contributed by atoms with Crippen LogP contribution in [0.15, 0.2) is 30.6 Å². The fraction of sp³-hybridized carbons (Fsp3) is 0.308. The van der Waals surface area contributed by atoms with E-state index in [1.54, 1.807) is 17.1 Å². The molecule has 0 saturated carbocycles. The quantitative estimate of drug-likeness (QED) is 0.808. The van der Waals surface area contributed by atoms with Crippen molar-refractivity contribution in [3.63, 3.8) is 0 Å². The maximum Gasteiger partial charge on any atom is 0.128 e. The van der Waals surface area contributed by atoms with E-state index in [2.05, 4.69) is 30.0 Å². The Balaban J connectivity index is 2.44. The molecular weight excluding hydrogens is 212 g/mol. The highest BCUT2D eigenvalue weighted by Gasteiger charge is 2.11. The summed E-state index contributed by atoms with van der Waals surface area (Å²) in [6.45, 7) is 4.49. The van der Waals surface area contributed by atoms with Crippen molar-refractivity contribution < 1.29 is 0 Å². The van der Waals surface area contributed by atoms with Gasteiger partial charge in [-0.15, -0.1) is 0 Å². The molecule has 0 aliphatic carbocycles. The normalized spacial score (nSPS) is 10.5. The molecule has 2 rings (SSSR count). The Hall–Kier alpha value is -2.15. The molecule has 4 heteroatoms. The molecule has 0 amide bonds. The Bertz CT molecular complexity index is 534. The van der Waals surface area contributed by atoms with Crippen molar-refractivity contribution in [2.24, 2.45) is 0 Å². The van der Waals surface area contributed by atoms with Gasteiger partial charge in [-0.1, -0.05) is 13.8 Å². The molecule has 0 atom stereocenters. The van der Waals surface area contributed by atoms with Crippen molar-refractivity contribution in [2.75, 3.05) is 0 Å². The van der Waals surface area contributed by atoms with Crippen LogP contribution in [0, 0.1) is 11.3 Å². The van der Waals surface area contributed by atoms with Gasteiger partial charge in [0.1, 0.15) is 6.54 Å². The van der Waals surface area contributed by atoms with Crippen molar-refractivity contribution in [3.8, 4) is 17.3 Å². The first-order chi connectivity index (χ1) is 8.22. The van der Waals surface area contributed by atoms with Crippen LogP contribution < -0.4 is 0 Å². The van der Waals surface area contributed by atoms with Crippen LogP contribution in [0.1, 0.15) is 25.5 Å². The number of aromatic nitrogens is 3. The summed E-state index contributed by atoms with van der Waals surface area (Å²) in [5.74, 6) is 0.353. The van der Waals surface area contributed by atoms with Crippen LogP contribution in [-0.4, -0.2) is 14.8 Å². The predicted octanol–water partition coefficient (Wildman–Crippen LogP) is 2.59. The number of hydrogen-bond acceptors (Lipinski definition) is 3. The summed E-state index contributed by atoms with van der Waals surface area (Å²) in [6.07, 6.45) is 3.49. The molecule has 0 unspecified atom stereocenters. The summed E-state index contributed by atoms with van der Waals surface area (Å²) < 4.78 is 1.76. The largest absolute Gasteiger partial charge is 0.265 e. The fourth-order valence-corrected chi connectivity index (χ4v) is 1.75. The van der Waals surface area contributed by atoms with Crippen molar-refractivity contribution in [1.82, 2.24) is 14.8 Å². The van der Waals surface area contributed by atoms with Gasteiger partial charge in [-0.3, -0.25) is 9.67 Å². The number of hydrogen-bond donors (Lipinski definition) is 0. The van der Waals surface area contributed by atoms with Gasteiger partial charge in [-0.2, -0.15) is 10.4 Å². The summed E-state index contributed by atoms with van der Waals surface area (Å²) in [7, 11) is 0. The van der Waals surface area contributed by atoms with Crippen molar-refractivity contribution in [3.05, 3.63) is 36.3 Å². The monoisotopic (exact) mass is 226 g/mol. The van der Waals surface area contributed by atoms with Crippen LogP contribution in [0.25, 0.3) is 11.3 Å². The number of nitriles is 1. The zero-order valence-corrected chi connectivity index (χ0v) is 9.96. The van der Waals surface area contributed by atoms with Crippen LogP contribution in [-0.2, 0) is 6.54 Å². The first-order valence-electron chi connectivity index (χ1n) is 5.57. The Labute approximate surface area is 101 Å². The van der Waals surface area contributed by atoms with E-state index in [1.165, 1.54) is 0 Å². The highest BCUT2D eigenvalue weighted by molar-refractivity contribution is 5.58. The van der Waals surface area contributed by atoms with Gasteiger partial charge in [0.15, 0.2) is 0 Å². The summed E-state index contributed by atoms with van der Waals surface area (Å²) in [5.41, 5.74) is 3.00. The summed E-state index contributed by atoms with van der Waals surface area (Å²) in [6, 6.07) is 8.01. The van der Waals surface area contributed by atoms with Crippen LogP contribution in [0.2, 0.25) is 0 Å². The second-order valence-electron chi connectivity index (χ2n) is 4.16. The van der Waals surface area contributed by atoms with Crippen LogP contribution in [0.5, 0.6) is 0 Å². The van der Waals surface area contributed by atoms with E-state index in [1.807, 2.05) is 18.2 Å². The Morgan fingerprint density at radius 1 is 1.35 bits per heavy atom. The molecule has 2 aromatic heterocycles. The molecule has 4 nitrogen and oxygen atoms in total. The van der Waals surface area contributed by atoms with E-state index >= 15 is 0 Å². The summed E-state index contributed by atoms with van der Waals surface area (Å²) >= 11 is 0. The van der Waals surface area contributed by atoms with E-state index in [4.69, 9.17) is 5.26 Å². The molecule has 0 bridgehead atoms. The average molecular weight is 226 g/mol. The Kier molecular flexibility index (Phi) is 3.20. The molecule has 0 fully saturated rings. The molecule has 0 aliphatic rings. The van der Waals surface area contributed by atoms with Crippen molar-refractivity contribution in [1.29, 1.82) is 5.26 Å². The van der Waals surface area contributed by atoms with Gasteiger partial charge in [0, 0.05) is 23.7 Å². The lowest BCUT2D eigenvalue weighted by molar-refractivity contribution is 0.634. The van der Waals surface area contributed by atoms with Crippen molar-refractivity contribution in [2.45, 2.75) is 26.3 Å². The maximum absolute atomic E-state index is 8.78. The second-order valence-corrected chi connectivity index (χ2v) is 4.16. The minimum absolute atomic E-state index is 0.290. The fourth-order valence-electron chi connectivity index (χ4n) is 1.75. The third-order valence-corrected chi connectivity index (χ3v) is 2.60.